The van der Waals surface area contributed by atoms with Crippen LogP contribution >= 0.6 is 11.6 Å². The van der Waals surface area contributed by atoms with Gasteiger partial charge in [0.1, 0.15) is 11.8 Å². The molecule has 0 saturated heterocycles. The Kier molecular flexibility index (Phi) is 6.70. The Morgan fingerprint density at radius 1 is 1.28 bits per heavy atom. The monoisotopic (exact) mass is 441 g/mol. The van der Waals surface area contributed by atoms with Gasteiger partial charge in [-0.3, -0.25) is 19.2 Å². The first-order valence-electron chi connectivity index (χ1n) is 8.34. The molecule has 2 rings (SSSR count). The van der Waals surface area contributed by atoms with E-state index in [4.69, 9.17) is 16.3 Å². The van der Waals surface area contributed by atoms with Crippen molar-refractivity contribution in [2.75, 3.05) is 23.0 Å². The highest BCUT2D eigenvalue weighted by Crippen LogP contribution is 2.34. The summed E-state index contributed by atoms with van der Waals surface area (Å²) >= 11 is 6.01. The molecule has 0 aliphatic heterocycles. The van der Waals surface area contributed by atoms with E-state index in [-0.39, 0.29) is 27.8 Å². The van der Waals surface area contributed by atoms with Crippen LogP contribution in [-0.2, 0) is 14.8 Å². The van der Waals surface area contributed by atoms with Crippen molar-refractivity contribution in [1.82, 2.24) is 0 Å². The van der Waals surface area contributed by atoms with Gasteiger partial charge in [-0.05, 0) is 37.6 Å². The zero-order chi connectivity index (χ0) is 21.9. The summed E-state index contributed by atoms with van der Waals surface area (Å²) in [7, 11) is -2.54. The molecule has 0 saturated carbocycles. The van der Waals surface area contributed by atoms with E-state index in [0.29, 0.717) is 5.56 Å². The minimum absolute atomic E-state index is 0.0981. The van der Waals surface area contributed by atoms with Crippen LogP contribution in [0.4, 0.5) is 17.1 Å². The maximum absolute atomic E-state index is 12.8. The Bertz CT molecular complexity index is 1060. The van der Waals surface area contributed by atoms with Crippen molar-refractivity contribution in [2.45, 2.75) is 19.9 Å². The average Bonchev–Trinajstić information content (AvgIpc) is 2.62. The lowest BCUT2D eigenvalue weighted by Crippen LogP contribution is -2.45. The molecule has 0 aliphatic carbocycles. The summed E-state index contributed by atoms with van der Waals surface area (Å²) < 4.78 is 31.1. The van der Waals surface area contributed by atoms with Crippen LogP contribution in [0.2, 0.25) is 5.02 Å². The van der Waals surface area contributed by atoms with Gasteiger partial charge >= 0.3 is 0 Å². The van der Waals surface area contributed by atoms with Crippen molar-refractivity contribution < 1.29 is 22.9 Å². The summed E-state index contributed by atoms with van der Waals surface area (Å²) in [5.41, 5.74) is 0.695. The molecule has 2 aromatic rings. The second-order valence-corrected chi connectivity index (χ2v) is 8.59. The number of nitrogens with zero attached hydrogens (tertiary/aromatic N) is 2. The van der Waals surface area contributed by atoms with Gasteiger partial charge in [-0.25, -0.2) is 8.42 Å². The molecule has 0 heterocycles. The van der Waals surface area contributed by atoms with Crippen LogP contribution in [0.5, 0.6) is 5.75 Å². The standard InChI is InChI=1S/C18H20ClN3O6S/c1-11-5-7-14(22(24)25)10-15(11)20-18(23)12(2)21(29(4,26)27)16-9-13(19)6-8-17(16)28-3/h5-10,12H,1-4H3,(H,20,23)/t12-/m1/s1. The Balaban J connectivity index is 2.45. The van der Waals surface area contributed by atoms with Gasteiger partial charge in [0, 0.05) is 17.2 Å². The number of nitro groups is 1. The van der Waals surface area contributed by atoms with Crippen LogP contribution in [0.1, 0.15) is 12.5 Å². The van der Waals surface area contributed by atoms with Crippen molar-refractivity contribution in [3.05, 3.63) is 57.1 Å². The molecule has 1 amide bonds. The van der Waals surface area contributed by atoms with E-state index in [2.05, 4.69) is 5.32 Å². The van der Waals surface area contributed by atoms with E-state index >= 15 is 0 Å². The summed E-state index contributed by atoms with van der Waals surface area (Å²) in [4.78, 5) is 23.2. The highest BCUT2D eigenvalue weighted by atomic mass is 35.5. The molecule has 0 unspecified atom stereocenters. The fourth-order valence-electron chi connectivity index (χ4n) is 2.71. The van der Waals surface area contributed by atoms with Crippen LogP contribution in [0, 0.1) is 17.0 Å². The van der Waals surface area contributed by atoms with E-state index in [1.165, 1.54) is 50.4 Å². The van der Waals surface area contributed by atoms with Crippen molar-refractivity contribution in [3.8, 4) is 5.75 Å². The second-order valence-electron chi connectivity index (χ2n) is 6.30. The maximum Gasteiger partial charge on any atom is 0.271 e. The summed E-state index contributed by atoms with van der Waals surface area (Å²) in [6.07, 6.45) is 0.954. The first-order chi connectivity index (χ1) is 13.5. The number of sulfonamides is 1. The van der Waals surface area contributed by atoms with Crippen molar-refractivity contribution in [2.24, 2.45) is 0 Å². The number of methoxy groups -OCH3 is 1. The van der Waals surface area contributed by atoms with Crippen molar-refractivity contribution >= 4 is 44.6 Å². The number of amides is 1. The molecule has 9 nitrogen and oxygen atoms in total. The fraction of sp³-hybridized carbons (Fsp3) is 0.278. The average molecular weight is 442 g/mol. The summed E-state index contributed by atoms with van der Waals surface area (Å²) in [5, 5.41) is 13.8. The molecule has 0 aliphatic rings. The van der Waals surface area contributed by atoms with Gasteiger partial charge in [-0.15, -0.1) is 0 Å². The van der Waals surface area contributed by atoms with Gasteiger partial charge in [-0.1, -0.05) is 17.7 Å². The summed E-state index contributed by atoms with van der Waals surface area (Å²) in [5.74, 6) is -0.466. The van der Waals surface area contributed by atoms with Crippen LogP contribution < -0.4 is 14.4 Å². The molecule has 0 aromatic heterocycles. The zero-order valence-electron chi connectivity index (χ0n) is 16.2. The number of halogens is 1. The van der Waals surface area contributed by atoms with Gasteiger partial charge in [0.25, 0.3) is 5.69 Å². The van der Waals surface area contributed by atoms with E-state index < -0.39 is 26.9 Å². The van der Waals surface area contributed by atoms with Gasteiger partial charge < -0.3 is 10.1 Å². The summed E-state index contributed by atoms with van der Waals surface area (Å²) in [6.45, 7) is 3.06. The van der Waals surface area contributed by atoms with E-state index in [1.54, 1.807) is 6.92 Å². The first kappa shape index (κ1) is 22.4. The van der Waals surface area contributed by atoms with E-state index in [9.17, 15) is 23.3 Å². The van der Waals surface area contributed by atoms with Crippen molar-refractivity contribution in [3.63, 3.8) is 0 Å². The number of nitrogens with one attached hydrogen (secondary N) is 1. The number of carbonyl (C=O) groups is 1. The lowest BCUT2D eigenvalue weighted by atomic mass is 10.1. The third-order valence-corrected chi connectivity index (χ3v) is 5.62. The highest BCUT2D eigenvalue weighted by molar-refractivity contribution is 7.92. The quantitative estimate of drug-likeness (QED) is 0.519. The number of aryl methyl sites for hydroxylation is 1. The number of hydrogen-bond acceptors (Lipinski definition) is 6. The molecule has 0 spiro atoms. The molecule has 0 radical (unpaired) electrons. The number of rotatable bonds is 7. The number of benzene rings is 2. The molecule has 0 fully saturated rings. The molecule has 156 valence electrons. The van der Waals surface area contributed by atoms with Crippen LogP contribution in [0.25, 0.3) is 0 Å². The number of carbonyl (C=O) groups excluding carboxylic acids is 1. The third-order valence-electron chi connectivity index (χ3n) is 4.16. The number of ether oxygens (including phenoxy) is 1. The van der Waals surface area contributed by atoms with Crippen LogP contribution in [-0.4, -0.2) is 38.7 Å². The molecule has 2 aromatic carbocycles. The van der Waals surface area contributed by atoms with Gasteiger partial charge in [0.15, 0.2) is 0 Å². The van der Waals surface area contributed by atoms with Crippen LogP contribution in [0.15, 0.2) is 36.4 Å². The maximum atomic E-state index is 12.8. The number of nitro benzene ring substituents is 1. The molecule has 11 heteroatoms. The zero-order valence-corrected chi connectivity index (χ0v) is 17.7. The van der Waals surface area contributed by atoms with Crippen LogP contribution in [0.3, 0.4) is 0 Å². The Morgan fingerprint density at radius 3 is 2.48 bits per heavy atom. The molecular weight excluding hydrogens is 422 g/mol. The van der Waals surface area contributed by atoms with Gasteiger partial charge in [0.05, 0.1) is 29.7 Å². The Morgan fingerprint density at radius 2 is 1.93 bits per heavy atom. The topological polar surface area (TPSA) is 119 Å². The largest absolute Gasteiger partial charge is 0.495 e. The molecule has 1 N–H and O–H groups in total. The third kappa shape index (κ3) is 5.15. The predicted octanol–water partition coefficient (Wildman–Crippen LogP) is 3.36. The van der Waals surface area contributed by atoms with Gasteiger partial charge in [-0.2, -0.15) is 0 Å². The highest BCUT2D eigenvalue weighted by Gasteiger charge is 2.32. The summed E-state index contributed by atoms with van der Waals surface area (Å²) in [6, 6.07) is 7.22. The number of non-ortho nitro benzene ring substituents is 1. The normalized spacial score (nSPS) is 12.2. The lowest BCUT2D eigenvalue weighted by molar-refractivity contribution is -0.384. The minimum Gasteiger partial charge on any atom is -0.495 e. The Hall–Kier alpha value is -2.85. The van der Waals surface area contributed by atoms with Crippen molar-refractivity contribution in [1.29, 1.82) is 0 Å². The molecule has 29 heavy (non-hydrogen) atoms. The molecule has 1 atom stereocenters. The molecular formula is C18H20ClN3O6S. The smallest absolute Gasteiger partial charge is 0.271 e. The fourth-order valence-corrected chi connectivity index (χ4v) is 4.05. The van der Waals surface area contributed by atoms with E-state index in [0.717, 1.165) is 10.6 Å². The number of hydrogen-bond donors (Lipinski definition) is 1. The Labute approximate surface area is 173 Å². The first-order valence-corrected chi connectivity index (χ1v) is 10.6. The van der Waals surface area contributed by atoms with Gasteiger partial charge in [0.2, 0.25) is 15.9 Å². The lowest BCUT2D eigenvalue weighted by Gasteiger charge is -2.29. The SMILES string of the molecule is COc1ccc(Cl)cc1N([C@H](C)C(=O)Nc1cc([N+](=O)[O-])ccc1C)S(C)(=O)=O. The predicted molar refractivity (Wildman–Crippen MR) is 111 cm³/mol. The minimum atomic E-state index is -3.91. The van der Waals surface area contributed by atoms with E-state index in [1.807, 2.05) is 0 Å². The number of anilines is 2. The molecule has 0 bridgehead atoms. The second kappa shape index (κ2) is 8.66.